The molecule has 0 fully saturated rings. The van der Waals surface area contributed by atoms with Gasteiger partial charge in [0.25, 0.3) is 0 Å². The third-order valence-electron chi connectivity index (χ3n) is 7.95. The zero-order valence-electron chi connectivity index (χ0n) is 29.4. The van der Waals surface area contributed by atoms with Crippen LogP contribution in [-0.4, -0.2) is 61.0 Å². The van der Waals surface area contributed by atoms with E-state index in [1.807, 2.05) is 44.2 Å². The van der Waals surface area contributed by atoms with Crippen molar-refractivity contribution < 1.29 is 28.3 Å². The van der Waals surface area contributed by atoms with E-state index in [4.69, 9.17) is 26.0 Å². The molecule has 3 aromatic rings. The summed E-state index contributed by atoms with van der Waals surface area (Å²) in [4.78, 5) is 65.6. The fraction of sp³-hybridized carbons (Fsp3) is 0.444. The van der Waals surface area contributed by atoms with Crippen LogP contribution in [0.4, 0.5) is 10.5 Å². The number of carbonyl (C=O) groups excluding carboxylic acids is 4. The Labute approximate surface area is 297 Å². The molecule has 0 aliphatic heterocycles. The van der Waals surface area contributed by atoms with Crippen LogP contribution in [0.1, 0.15) is 63.5 Å². The highest BCUT2D eigenvalue weighted by Crippen LogP contribution is 2.21. The lowest BCUT2D eigenvalue weighted by molar-refractivity contribution is -0.132. The molecule has 15 heteroatoms. The zero-order valence-corrected chi connectivity index (χ0v) is 29.4. The molecule has 0 saturated carbocycles. The van der Waals surface area contributed by atoms with E-state index in [2.05, 4.69) is 26.6 Å². The molecule has 3 rings (SSSR count). The predicted molar refractivity (Wildman–Crippen MR) is 195 cm³/mol. The van der Waals surface area contributed by atoms with Gasteiger partial charge in [0, 0.05) is 29.8 Å². The monoisotopic (exact) mass is 706 g/mol. The summed E-state index contributed by atoms with van der Waals surface area (Å²) in [5.74, 6) is -1.94. The summed E-state index contributed by atoms with van der Waals surface area (Å²) in [5.41, 5.74) is 12.7. The summed E-state index contributed by atoms with van der Waals surface area (Å²) < 4.78 is 10.6. The number of anilines is 1. The van der Waals surface area contributed by atoms with E-state index in [0.29, 0.717) is 42.5 Å². The first kappa shape index (κ1) is 40.0. The molecule has 0 aliphatic carbocycles. The Morgan fingerprint density at radius 2 is 1.53 bits per heavy atom. The van der Waals surface area contributed by atoms with Crippen LogP contribution in [0.3, 0.4) is 0 Å². The minimum Gasteiger partial charge on any atom is -0.445 e. The highest BCUT2D eigenvalue weighted by Gasteiger charge is 2.30. The van der Waals surface area contributed by atoms with Gasteiger partial charge in [0.2, 0.25) is 17.7 Å². The van der Waals surface area contributed by atoms with Gasteiger partial charge in [-0.15, -0.1) is 0 Å². The van der Waals surface area contributed by atoms with Gasteiger partial charge < -0.3 is 47.2 Å². The van der Waals surface area contributed by atoms with Crippen molar-refractivity contribution in [3.05, 3.63) is 76.1 Å². The van der Waals surface area contributed by atoms with Gasteiger partial charge in [0.15, 0.2) is 5.96 Å². The molecule has 0 radical (unpaired) electrons. The normalized spacial score (nSPS) is 12.7. The average molecular weight is 707 g/mol. The Morgan fingerprint density at radius 3 is 2.20 bits per heavy atom. The third kappa shape index (κ3) is 13.8. The molecule has 2 aromatic carbocycles. The first-order valence-electron chi connectivity index (χ1n) is 17.1. The van der Waals surface area contributed by atoms with Crippen molar-refractivity contribution in [1.29, 1.82) is 5.41 Å². The van der Waals surface area contributed by atoms with Gasteiger partial charge in [-0.3, -0.25) is 19.8 Å². The molecule has 276 valence electrons. The van der Waals surface area contributed by atoms with Crippen molar-refractivity contribution in [2.45, 2.75) is 84.0 Å². The van der Waals surface area contributed by atoms with Crippen molar-refractivity contribution in [3.8, 4) is 0 Å². The fourth-order valence-electron chi connectivity index (χ4n) is 5.35. The Balaban J connectivity index is 1.76. The van der Waals surface area contributed by atoms with Crippen LogP contribution in [0.2, 0.25) is 0 Å². The first-order chi connectivity index (χ1) is 24.4. The van der Waals surface area contributed by atoms with Crippen molar-refractivity contribution in [1.82, 2.24) is 21.3 Å². The van der Waals surface area contributed by atoms with Crippen molar-refractivity contribution in [2.24, 2.45) is 17.4 Å². The molecule has 1 heterocycles. The van der Waals surface area contributed by atoms with Crippen LogP contribution in [0.15, 0.2) is 63.8 Å². The van der Waals surface area contributed by atoms with Gasteiger partial charge in [-0.2, -0.15) is 0 Å². The van der Waals surface area contributed by atoms with E-state index in [-0.39, 0.29) is 44.3 Å². The van der Waals surface area contributed by atoms with Gasteiger partial charge in [-0.25, -0.2) is 9.59 Å². The maximum Gasteiger partial charge on any atom is 0.408 e. The molecular weight excluding hydrogens is 656 g/mol. The van der Waals surface area contributed by atoms with Gasteiger partial charge in [0.1, 0.15) is 30.3 Å². The number of benzene rings is 2. The van der Waals surface area contributed by atoms with Gasteiger partial charge in [-0.1, -0.05) is 44.2 Å². The van der Waals surface area contributed by atoms with Crippen LogP contribution >= 0.6 is 0 Å². The van der Waals surface area contributed by atoms with Crippen LogP contribution in [-0.2, 0) is 25.7 Å². The quantitative estimate of drug-likeness (QED) is 0.0392. The highest BCUT2D eigenvalue weighted by atomic mass is 16.5. The molecule has 0 spiro atoms. The predicted octanol–water partition coefficient (Wildman–Crippen LogP) is 2.74. The molecule has 0 saturated heterocycles. The number of fused-ring (bicyclic) bond motifs is 1. The number of ether oxygens (including phenoxy) is 1. The van der Waals surface area contributed by atoms with Crippen LogP contribution in [0.25, 0.3) is 11.0 Å². The standard InChI is InChI=1S/C36H50N8O7/c1-22(2)18-29(44-36(49)50-21-24-10-5-4-6-11-24)34(48)43-27(12-7-8-16-37)33(47)42-28(13-9-17-40-35(38)39)32(46)41-25-14-15-26-23(3)19-31(45)51-30(26)20-25/h4-6,10-11,14-15,19-20,22,27-29H,7-9,12-13,16-18,21,37H2,1-3H3,(H,41,46)(H,42,47)(H,43,48)(H,44,49)(H4,38,39,40)/t27-,28-,29-/m0/s1. The summed E-state index contributed by atoms with van der Waals surface area (Å²) in [6, 6.07) is 12.3. The fourth-order valence-corrected chi connectivity index (χ4v) is 5.35. The number of alkyl carbamates (subject to hydrolysis) is 1. The van der Waals surface area contributed by atoms with Crippen molar-refractivity contribution in [3.63, 3.8) is 0 Å². The van der Waals surface area contributed by atoms with E-state index < -0.39 is 47.6 Å². The molecule has 3 atom stereocenters. The second-order valence-electron chi connectivity index (χ2n) is 12.7. The molecule has 0 bridgehead atoms. The van der Waals surface area contributed by atoms with E-state index in [1.165, 1.54) is 12.1 Å². The Kier molecular flexibility index (Phi) is 15.9. The van der Waals surface area contributed by atoms with Crippen LogP contribution in [0, 0.1) is 18.3 Å². The maximum absolute atomic E-state index is 13.8. The number of guanidine groups is 1. The SMILES string of the molecule is Cc1cc(=O)oc2cc(NC(=O)[C@H](CCCNC(=N)N)NC(=O)[C@H](CCCCN)NC(=O)[C@H](CC(C)C)NC(=O)OCc3ccccc3)ccc12. The van der Waals surface area contributed by atoms with Gasteiger partial charge >= 0.3 is 11.7 Å². The Morgan fingerprint density at radius 1 is 0.863 bits per heavy atom. The molecule has 10 N–H and O–H groups in total. The summed E-state index contributed by atoms with van der Waals surface area (Å²) in [7, 11) is 0. The van der Waals surface area contributed by atoms with Crippen LogP contribution < -0.4 is 43.7 Å². The molecule has 15 nitrogen and oxygen atoms in total. The number of hydrogen-bond donors (Lipinski definition) is 8. The molecule has 1 aromatic heterocycles. The Bertz CT molecular complexity index is 1700. The van der Waals surface area contributed by atoms with Crippen molar-refractivity contribution >= 4 is 46.4 Å². The lowest BCUT2D eigenvalue weighted by atomic mass is 10.0. The second-order valence-corrected chi connectivity index (χ2v) is 12.7. The van der Waals surface area contributed by atoms with E-state index in [1.54, 1.807) is 19.1 Å². The van der Waals surface area contributed by atoms with Gasteiger partial charge in [0.05, 0.1) is 0 Å². The van der Waals surface area contributed by atoms with E-state index in [0.717, 1.165) is 11.1 Å². The highest BCUT2D eigenvalue weighted by molar-refractivity contribution is 6.00. The maximum atomic E-state index is 13.8. The number of carbonyl (C=O) groups is 4. The Hall–Kier alpha value is -5.44. The minimum absolute atomic E-state index is 0.0171. The number of nitrogens with one attached hydrogen (secondary N) is 6. The molecule has 0 aliphatic rings. The van der Waals surface area contributed by atoms with Crippen molar-refractivity contribution in [2.75, 3.05) is 18.4 Å². The third-order valence-corrected chi connectivity index (χ3v) is 7.95. The smallest absolute Gasteiger partial charge is 0.408 e. The minimum atomic E-state index is -1.06. The summed E-state index contributed by atoms with van der Waals surface area (Å²) in [6.07, 6.45) is 1.36. The average Bonchev–Trinajstić information content (AvgIpc) is 3.07. The number of nitrogens with two attached hydrogens (primary N) is 2. The number of hydrogen-bond acceptors (Lipinski definition) is 9. The van der Waals surface area contributed by atoms with E-state index >= 15 is 0 Å². The lowest BCUT2D eigenvalue weighted by Gasteiger charge is -2.26. The number of unbranched alkanes of at least 4 members (excludes halogenated alkanes) is 1. The van der Waals surface area contributed by atoms with Crippen LogP contribution in [0.5, 0.6) is 0 Å². The lowest BCUT2D eigenvalue weighted by Crippen LogP contribution is -2.56. The summed E-state index contributed by atoms with van der Waals surface area (Å²) in [6.45, 7) is 6.25. The molecule has 0 unspecified atom stereocenters. The summed E-state index contributed by atoms with van der Waals surface area (Å²) in [5, 5.41) is 21.8. The molecular formula is C36H50N8O7. The van der Waals surface area contributed by atoms with Gasteiger partial charge in [-0.05, 0) is 81.2 Å². The molecule has 51 heavy (non-hydrogen) atoms. The van der Waals surface area contributed by atoms with E-state index in [9.17, 15) is 24.0 Å². The second kappa shape index (κ2) is 20.3. The molecule has 4 amide bonds. The topological polar surface area (TPSA) is 244 Å². The largest absolute Gasteiger partial charge is 0.445 e. The summed E-state index contributed by atoms with van der Waals surface area (Å²) >= 11 is 0. The zero-order chi connectivity index (χ0) is 37.3. The first-order valence-corrected chi connectivity index (χ1v) is 17.1. The number of rotatable bonds is 19. The number of amides is 4. The number of aryl methyl sites for hydroxylation is 1.